The minimum absolute atomic E-state index is 0.209. The minimum Gasteiger partial charge on any atom is -0.349 e. The number of carbonyl (C=O) groups is 1. The minimum atomic E-state index is -4.05. The monoisotopic (exact) mass is 341 g/mol. The summed E-state index contributed by atoms with van der Waals surface area (Å²) in [6.07, 6.45) is 1.48. The van der Waals surface area contributed by atoms with Crippen molar-refractivity contribution in [3.63, 3.8) is 0 Å². The highest BCUT2D eigenvalue weighted by Gasteiger charge is 2.19. The molecule has 1 aromatic rings. The van der Waals surface area contributed by atoms with Crippen LogP contribution in [-0.2, 0) is 19.9 Å². The molecule has 0 fully saturated rings. The van der Waals surface area contributed by atoms with Crippen molar-refractivity contribution in [3.05, 3.63) is 29.6 Å². The predicted molar refractivity (Wildman–Crippen MR) is 75.3 cm³/mol. The fraction of sp³-hybridized carbons (Fsp3) is 0.364. The Morgan fingerprint density at radius 1 is 1.50 bits per heavy atom. The predicted octanol–water partition coefficient (Wildman–Crippen LogP) is 1.25. The van der Waals surface area contributed by atoms with Crippen molar-refractivity contribution in [1.29, 1.82) is 0 Å². The van der Waals surface area contributed by atoms with Crippen LogP contribution in [0.1, 0.15) is 17.3 Å². The van der Waals surface area contributed by atoms with E-state index < -0.39 is 43.2 Å². The molecule has 0 saturated heterocycles. The Morgan fingerprint density at radius 2 is 2.10 bits per heavy atom. The molecule has 1 N–H and O–H groups in total. The van der Waals surface area contributed by atoms with Gasteiger partial charge < -0.3 is 5.32 Å². The molecule has 0 aliphatic carbocycles. The van der Waals surface area contributed by atoms with Gasteiger partial charge in [-0.1, -0.05) is 0 Å². The first-order valence-electron chi connectivity index (χ1n) is 5.46. The van der Waals surface area contributed by atoms with Gasteiger partial charge in [-0.05, 0) is 25.1 Å². The molecule has 0 aliphatic heterocycles. The van der Waals surface area contributed by atoms with Crippen LogP contribution in [0.25, 0.3) is 0 Å². The molecule has 9 heteroatoms. The molecule has 1 rings (SSSR count). The second-order valence-corrected chi connectivity index (χ2v) is 8.24. The summed E-state index contributed by atoms with van der Waals surface area (Å²) in [7, 11) is -0.0239. The largest absolute Gasteiger partial charge is 0.349 e. The van der Waals surface area contributed by atoms with E-state index >= 15 is 0 Å². The third-order valence-corrected chi connectivity index (χ3v) is 4.65. The lowest BCUT2D eigenvalue weighted by Gasteiger charge is -2.13. The SMILES string of the molecule is CC(CS(C)=O)NC(=O)c1cc(S(=O)(=O)Cl)ccc1F. The van der Waals surface area contributed by atoms with Gasteiger partial charge in [0.05, 0.1) is 10.5 Å². The standard InChI is InChI=1S/C11H13ClFNO4S2/c1-7(6-19(2)16)14-11(15)9-5-8(20(12,17)18)3-4-10(9)13/h3-5,7H,6H2,1-2H3,(H,14,15). The molecule has 0 radical (unpaired) electrons. The fourth-order valence-electron chi connectivity index (χ4n) is 1.53. The molecule has 0 bridgehead atoms. The summed E-state index contributed by atoms with van der Waals surface area (Å²) in [5.41, 5.74) is -0.430. The molecule has 0 aromatic heterocycles. The summed E-state index contributed by atoms with van der Waals surface area (Å²) < 4.78 is 46.9. The van der Waals surface area contributed by atoms with Gasteiger partial charge in [-0.15, -0.1) is 0 Å². The smallest absolute Gasteiger partial charge is 0.261 e. The number of carbonyl (C=O) groups excluding carboxylic acids is 1. The second-order valence-electron chi connectivity index (χ2n) is 4.19. The Morgan fingerprint density at radius 3 is 2.60 bits per heavy atom. The Hall–Kier alpha value is -0.990. The van der Waals surface area contributed by atoms with Crippen LogP contribution in [0.2, 0.25) is 0 Å². The third kappa shape index (κ3) is 4.84. The second kappa shape index (κ2) is 6.64. The van der Waals surface area contributed by atoms with Gasteiger partial charge >= 0.3 is 0 Å². The lowest BCUT2D eigenvalue weighted by molar-refractivity contribution is 0.0939. The Bertz CT molecular complexity index is 648. The lowest BCUT2D eigenvalue weighted by atomic mass is 10.2. The van der Waals surface area contributed by atoms with E-state index in [2.05, 4.69) is 5.32 Å². The molecular weight excluding hydrogens is 329 g/mol. The maximum atomic E-state index is 13.6. The van der Waals surface area contributed by atoms with Crippen LogP contribution in [0.4, 0.5) is 4.39 Å². The average Bonchev–Trinajstić information content (AvgIpc) is 2.26. The molecule has 2 atom stereocenters. The van der Waals surface area contributed by atoms with Crippen LogP contribution in [0, 0.1) is 5.82 Å². The molecule has 2 unspecified atom stereocenters. The topological polar surface area (TPSA) is 80.3 Å². The van der Waals surface area contributed by atoms with Gasteiger partial charge in [-0.3, -0.25) is 9.00 Å². The van der Waals surface area contributed by atoms with E-state index in [0.717, 1.165) is 18.2 Å². The van der Waals surface area contributed by atoms with E-state index in [0.29, 0.717) is 0 Å². The number of rotatable bonds is 5. The molecule has 1 amide bonds. The van der Waals surface area contributed by atoms with Gasteiger partial charge in [-0.25, -0.2) is 12.8 Å². The van der Waals surface area contributed by atoms with E-state index in [-0.39, 0.29) is 10.6 Å². The van der Waals surface area contributed by atoms with Crippen molar-refractivity contribution in [2.24, 2.45) is 0 Å². The first kappa shape index (κ1) is 17.1. The van der Waals surface area contributed by atoms with Gasteiger partial charge in [0.1, 0.15) is 5.82 Å². The van der Waals surface area contributed by atoms with Gasteiger partial charge in [0.15, 0.2) is 0 Å². The van der Waals surface area contributed by atoms with Crippen LogP contribution in [-0.4, -0.2) is 36.6 Å². The van der Waals surface area contributed by atoms with Crippen LogP contribution in [0.15, 0.2) is 23.1 Å². The number of nitrogens with one attached hydrogen (secondary N) is 1. The van der Waals surface area contributed by atoms with Gasteiger partial charge in [0, 0.05) is 39.5 Å². The maximum Gasteiger partial charge on any atom is 0.261 e. The van der Waals surface area contributed by atoms with Crippen LogP contribution < -0.4 is 5.32 Å². The van der Waals surface area contributed by atoms with E-state index in [9.17, 15) is 21.8 Å². The van der Waals surface area contributed by atoms with Crippen molar-refractivity contribution in [2.75, 3.05) is 12.0 Å². The van der Waals surface area contributed by atoms with Crippen molar-refractivity contribution in [1.82, 2.24) is 5.32 Å². The molecule has 1 aromatic carbocycles. The maximum absolute atomic E-state index is 13.6. The van der Waals surface area contributed by atoms with Crippen LogP contribution >= 0.6 is 10.7 Å². The number of benzene rings is 1. The van der Waals surface area contributed by atoms with Crippen LogP contribution in [0.3, 0.4) is 0 Å². The first-order chi connectivity index (χ1) is 9.11. The van der Waals surface area contributed by atoms with Crippen molar-refractivity contribution < 1.29 is 21.8 Å². The molecule has 5 nitrogen and oxygen atoms in total. The summed E-state index contributed by atoms with van der Waals surface area (Å²) in [6, 6.07) is 2.25. The zero-order valence-electron chi connectivity index (χ0n) is 10.7. The normalized spacial score (nSPS) is 14.6. The number of hydrogen-bond acceptors (Lipinski definition) is 4. The highest BCUT2D eigenvalue weighted by atomic mass is 35.7. The van der Waals surface area contributed by atoms with Gasteiger partial charge in [0.2, 0.25) is 0 Å². The van der Waals surface area contributed by atoms with Crippen molar-refractivity contribution >= 4 is 36.4 Å². The first-order valence-corrected chi connectivity index (χ1v) is 9.50. The zero-order valence-corrected chi connectivity index (χ0v) is 13.1. The highest BCUT2D eigenvalue weighted by Crippen LogP contribution is 2.18. The highest BCUT2D eigenvalue weighted by molar-refractivity contribution is 8.13. The Labute approximate surface area is 123 Å². The molecular formula is C11H13ClFNO4S2. The lowest BCUT2D eigenvalue weighted by Crippen LogP contribution is -2.36. The fourth-order valence-corrected chi connectivity index (χ4v) is 3.09. The molecule has 0 saturated carbocycles. The molecule has 20 heavy (non-hydrogen) atoms. The quantitative estimate of drug-likeness (QED) is 0.817. The third-order valence-electron chi connectivity index (χ3n) is 2.33. The van der Waals surface area contributed by atoms with E-state index in [1.165, 1.54) is 6.26 Å². The van der Waals surface area contributed by atoms with E-state index in [1.54, 1.807) is 6.92 Å². The van der Waals surface area contributed by atoms with Gasteiger partial charge in [-0.2, -0.15) is 0 Å². The van der Waals surface area contributed by atoms with E-state index in [4.69, 9.17) is 10.7 Å². The summed E-state index contributed by atoms with van der Waals surface area (Å²) in [5.74, 6) is -1.44. The summed E-state index contributed by atoms with van der Waals surface area (Å²) in [4.78, 5) is 11.5. The molecule has 0 heterocycles. The van der Waals surface area contributed by atoms with Gasteiger partial charge in [0.25, 0.3) is 15.0 Å². The average molecular weight is 342 g/mol. The molecule has 112 valence electrons. The van der Waals surface area contributed by atoms with Crippen LogP contribution in [0.5, 0.6) is 0 Å². The van der Waals surface area contributed by atoms with E-state index in [1.807, 2.05) is 0 Å². The van der Waals surface area contributed by atoms with Crippen molar-refractivity contribution in [3.8, 4) is 0 Å². The molecule has 0 spiro atoms. The van der Waals surface area contributed by atoms with Crippen molar-refractivity contribution in [2.45, 2.75) is 17.9 Å². The summed E-state index contributed by atoms with van der Waals surface area (Å²) >= 11 is 0. The summed E-state index contributed by atoms with van der Waals surface area (Å²) in [6.45, 7) is 1.61. The Balaban J connectivity index is 3.01. The summed E-state index contributed by atoms with van der Waals surface area (Å²) in [5, 5.41) is 2.44. The number of amides is 1. The Kier molecular flexibility index (Phi) is 5.67. The number of hydrogen-bond donors (Lipinski definition) is 1. The zero-order chi connectivity index (χ0) is 15.5. The molecule has 0 aliphatic rings. The number of halogens is 2.